The predicted octanol–water partition coefficient (Wildman–Crippen LogP) is 3.24. The number of Topliss-reactive ketones (excluding diaryl/α,β-unsaturated/α-hetero) is 1. The first-order valence-corrected chi connectivity index (χ1v) is 4.49. The van der Waals surface area contributed by atoms with Crippen LogP contribution in [0.4, 0.5) is 5.69 Å². The molecule has 0 aliphatic heterocycles. The highest BCUT2D eigenvalue weighted by Gasteiger charge is 2.10. The summed E-state index contributed by atoms with van der Waals surface area (Å²) in [5.74, 6) is -0.0613. The predicted molar refractivity (Wildman–Crippen MR) is 56.0 cm³/mol. The van der Waals surface area contributed by atoms with Crippen LogP contribution in [-0.4, -0.2) is 12.8 Å². The van der Waals surface area contributed by atoms with E-state index in [1.165, 1.54) is 6.92 Å². The second-order valence-electron chi connectivity index (χ2n) is 2.62. The Morgan fingerprint density at radius 1 is 1.38 bits per heavy atom. The molecular formula is C9H9Cl2NO. The van der Waals surface area contributed by atoms with Gasteiger partial charge in [0, 0.05) is 17.6 Å². The van der Waals surface area contributed by atoms with Crippen molar-refractivity contribution in [3.8, 4) is 0 Å². The molecule has 2 nitrogen and oxygen atoms in total. The Bertz CT molecular complexity index is 350. The molecule has 0 fully saturated rings. The molecule has 0 aliphatic rings. The Balaban J connectivity index is 3.38. The van der Waals surface area contributed by atoms with Crippen molar-refractivity contribution in [3.63, 3.8) is 0 Å². The van der Waals surface area contributed by atoms with Crippen LogP contribution in [-0.2, 0) is 0 Å². The van der Waals surface area contributed by atoms with Crippen molar-refractivity contribution in [3.05, 3.63) is 27.7 Å². The van der Waals surface area contributed by atoms with E-state index in [0.717, 1.165) is 0 Å². The summed E-state index contributed by atoms with van der Waals surface area (Å²) in [7, 11) is 1.71. The van der Waals surface area contributed by atoms with Gasteiger partial charge in [0.05, 0.1) is 10.7 Å². The summed E-state index contributed by atoms with van der Waals surface area (Å²) in [6.07, 6.45) is 0. The van der Waals surface area contributed by atoms with Crippen LogP contribution in [0.15, 0.2) is 12.1 Å². The lowest BCUT2D eigenvalue weighted by Gasteiger charge is -2.08. The molecule has 0 saturated carbocycles. The number of hydrogen-bond acceptors (Lipinski definition) is 2. The molecule has 0 atom stereocenters. The first kappa shape index (κ1) is 10.4. The van der Waals surface area contributed by atoms with Crippen LogP contribution in [0.3, 0.4) is 0 Å². The summed E-state index contributed by atoms with van der Waals surface area (Å²) >= 11 is 11.6. The van der Waals surface area contributed by atoms with E-state index in [4.69, 9.17) is 23.2 Å². The van der Waals surface area contributed by atoms with Gasteiger partial charge in [0.25, 0.3) is 0 Å². The Kier molecular flexibility index (Phi) is 3.17. The SMILES string of the molecule is CNc1c(Cl)cc(Cl)cc1C(C)=O. The van der Waals surface area contributed by atoms with Crippen molar-refractivity contribution in [2.75, 3.05) is 12.4 Å². The van der Waals surface area contributed by atoms with E-state index < -0.39 is 0 Å². The number of halogens is 2. The number of hydrogen-bond donors (Lipinski definition) is 1. The second kappa shape index (κ2) is 3.99. The summed E-state index contributed by atoms with van der Waals surface area (Å²) < 4.78 is 0. The minimum atomic E-state index is -0.0613. The lowest BCUT2D eigenvalue weighted by Crippen LogP contribution is -2.00. The van der Waals surface area contributed by atoms with Crippen LogP contribution in [0.1, 0.15) is 17.3 Å². The van der Waals surface area contributed by atoms with Gasteiger partial charge in [-0.2, -0.15) is 0 Å². The van der Waals surface area contributed by atoms with Gasteiger partial charge in [-0.15, -0.1) is 0 Å². The topological polar surface area (TPSA) is 29.1 Å². The molecule has 1 aromatic rings. The maximum atomic E-state index is 11.2. The minimum absolute atomic E-state index is 0.0613. The summed E-state index contributed by atoms with van der Waals surface area (Å²) in [5, 5.41) is 3.79. The lowest BCUT2D eigenvalue weighted by atomic mass is 10.1. The van der Waals surface area contributed by atoms with Crippen LogP contribution in [0.25, 0.3) is 0 Å². The fourth-order valence-electron chi connectivity index (χ4n) is 1.11. The Labute approximate surface area is 86.8 Å². The van der Waals surface area contributed by atoms with E-state index in [0.29, 0.717) is 21.3 Å². The van der Waals surface area contributed by atoms with Gasteiger partial charge in [0.1, 0.15) is 0 Å². The standard InChI is InChI=1S/C9H9Cl2NO/c1-5(13)7-3-6(10)4-8(11)9(7)12-2/h3-4,12H,1-2H3. The molecule has 70 valence electrons. The van der Waals surface area contributed by atoms with Gasteiger partial charge in [-0.25, -0.2) is 0 Å². The van der Waals surface area contributed by atoms with Crippen LogP contribution in [0.5, 0.6) is 0 Å². The first-order valence-electron chi connectivity index (χ1n) is 3.74. The molecular weight excluding hydrogens is 209 g/mol. The van der Waals surface area contributed by atoms with E-state index in [1.807, 2.05) is 0 Å². The summed E-state index contributed by atoms with van der Waals surface area (Å²) in [4.78, 5) is 11.2. The molecule has 0 radical (unpaired) electrons. The number of rotatable bonds is 2. The van der Waals surface area contributed by atoms with Crippen molar-refractivity contribution in [1.82, 2.24) is 0 Å². The van der Waals surface area contributed by atoms with Crippen LogP contribution >= 0.6 is 23.2 Å². The van der Waals surface area contributed by atoms with Gasteiger partial charge < -0.3 is 5.32 Å². The molecule has 0 heterocycles. The maximum Gasteiger partial charge on any atom is 0.161 e. The number of carbonyl (C=O) groups is 1. The molecule has 1 aromatic carbocycles. The Morgan fingerprint density at radius 3 is 2.46 bits per heavy atom. The third-order valence-electron chi connectivity index (χ3n) is 1.68. The Morgan fingerprint density at radius 2 is 2.00 bits per heavy atom. The molecule has 0 aromatic heterocycles. The van der Waals surface area contributed by atoms with Gasteiger partial charge in [-0.05, 0) is 19.1 Å². The third-order valence-corrected chi connectivity index (χ3v) is 2.20. The summed E-state index contributed by atoms with van der Waals surface area (Å²) in [6.45, 7) is 1.48. The van der Waals surface area contributed by atoms with Gasteiger partial charge in [-0.3, -0.25) is 4.79 Å². The van der Waals surface area contributed by atoms with Crippen molar-refractivity contribution in [2.24, 2.45) is 0 Å². The second-order valence-corrected chi connectivity index (χ2v) is 3.46. The number of nitrogens with one attached hydrogen (secondary N) is 1. The number of ketones is 1. The number of anilines is 1. The summed E-state index contributed by atoms with van der Waals surface area (Å²) in [5.41, 5.74) is 1.14. The van der Waals surface area contributed by atoms with Gasteiger partial charge in [0.2, 0.25) is 0 Å². The van der Waals surface area contributed by atoms with E-state index in [-0.39, 0.29) is 5.78 Å². The highest BCUT2D eigenvalue weighted by atomic mass is 35.5. The highest BCUT2D eigenvalue weighted by Crippen LogP contribution is 2.29. The molecule has 0 amide bonds. The smallest absolute Gasteiger partial charge is 0.161 e. The summed E-state index contributed by atoms with van der Waals surface area (Å²) in [6, 6.07) is 3.20. The molecule has 1 rings (SSSR count). The Hall–Kier alpha value is -0.730. The van der Waals surface area contributed by atoms with Crippen LogP contribution < -0.4 is 5.32 Å². The van der Waals surface area contributed by atoms with E-state index in [9.17, 15) is 4.79 Å². The monoisotopic (exact) mass is 217 g/mol. The largest absolute Gasteiger partial charge is 0.386 e. The lowest BCUT2D eigenvalue weighted by molar-refractivity contribution is 0.101. The van der Waals surface area contributed by atoms with E-state index in [2.05, 4.69) is 5.32 Å². The third kappa shape index (κ3) is 2.14. The zero-order chi connectivity index (χ0) is 10.0. The molecule has 0 bridgehead atoms. The van der Waals surface area contributed by atoms with Crippen LogP contribution in [0.2, 0.25) is 10.0 Å². The number of carbonyl (C=O) groups excluding carboxylic acids is 1. The average Bonchev–Trinajstić information content (AvgIpc) is 2.02. The first-order chi connectivity index (χ1) is 6.06. The van der Waals surface area contributed by atoms with Gasteiger partial charge in [0.15, 0.2) is 5.78 Å². The van der Waals surface area contributed by atoms with Gasteiger partial charge >= 0.3 is 0 Å². The zero-order valence-electron chi connectivity index (χ0n) is 7.32. The van der Waals surface area contributed by atoms with Gasteiger partial charge in [-0.1, -0.05) is 23.2 Å². The normalized spacial score (nSPS) is 9.85. The van der Waals surface area contributed by atoms with Crippen molar-refractivity contribution < 1.29 is 4.79 Å². The average molecular weight is 218 g/mol. The molecule has 4 heteroatoms. The molecule has 0 aliphatic carbocycles. The molecule has 0 unspecified atom stereocenters. The highest BCUT2D eigenvalue weighted by molar-refractivity contribution is 6.37. The maximum absolute atomic E-state index is 11.2. The van der Waals surface area contributed by atoms with E-state index >= 15 is 0 Å². The molecule has 13 heavy (non-hydrogen) atoms. The zero-order valence-corrected chi connectivity index (χ0v) is 8.83. The molecule has 1 N–H and O–H groups in total. The number of benzene rings is 1. The fraction of sp³-hybridized carbons (Fsp3) is 0.222. The van der Waals surface area contributed by atoms with Crippen molar-refractivity contribution in [1.29, 1.82) is 0 Å². The molecule has 0 saturated heterocycles. The quantitative estimate of drug-likeness (QED) is 0.772. The molecule has 0 spiro atoms. The fourth-order valence-corrected chi connectivity index (χ4v) is 1.69. The minimum Gasteiger partial charge on any atom is -0.386 e. The van der Waals surface area contributed by atoms with Crippen LogP contribution in [0, 0.1) is 0 Å². The van der Waals surface area contributed by atoms with Crippen molar-refractivity contribution >= 4 is 34.7 Å². The van der Waals surface area contributed by atoms with Crippen molar-refractivity contribution in [2.45, 2.75) is 6.92 Å². The van der Waals surface area contributed by atoms with E-state index in [1.54, 1.807) is 19.2 Å².